The van der Waals surface area contributed by atoms with Crippen molar-refractivity contribution < 1.29 is 19.1 Å². The maximum atomic E-state index is 14.1. The van der Waals surface area contributed by atoms with Crippen molar-refractivity contribution in [1.82, 2.24) is 15.1 Å². The van der Waals surface area contributed by atoms with Gasteiger partial charge in [-0.15, -0.1) is 0 Å². The number of nitrogens with two attached hydrogens (primary N) is 1. The Morgan fingerprint density at radius 2 is 1.76 bits per heavy atom. The van der Waals surface area contributed by atoms with E-state index in [0.29, 0.717) is 39.1 Å². The minimum atomic E-state index is -1.16. The topological polar surface area (TPSA) is 105 Å². The molecule has 3 N–H and O–H groups in total. The predicted octanol–water partition coefficient (Wildman–Crippen LogP) is 2.68. The van der Waals surface area contributed by atoms with Crippen molar-refractivity contribution >= 4 is 17.7 Å². The lowest BCUT2D eigenvalue weighted by Gasteiger charge is -2.43. The molecule has 4 rings (SSSR count). The molecule has 2 aromatic carbocycles. The first kappa shape index (κ1) is 27.8. The summed E-state index contributed by atoms with van der Waals surface area (Å²) in [6.07, 6.45) is 0.808. The molecule has 0 aliphatic carbocycles. The predicted molar refractivity (Wildman–Crippen MR) is 146 cm³/mol. The van der Waals surface area contributed by atoms with Crippen LogP contribution in [0.2, 0.25) is 0 Å². The number of likely N-dealkylation sites (N-methyl/N-ethyl adjacent to an activating group) is 1. The number of likely N-dealkylation sites (tertiary alicyclic amines) is 2. The van der Waals surface area contributed by atoms with Crippen LogP contribution in [0.1, 0.15) is 50.7 Å². The lowest BCUT2D eigenvalue weighted by Crippen LogP contribution is -2.62. The van der Waals surface area contributed by atoms with Gasteiger partial charge in [-0.2, -0.15) is 0 Å². The normalized spacial score (nSPS) is 23.4. The average molecular weight is 521 g/mol. The molecule has 2 aliphatic heterocycles. The van der Waals surface area contributed by atoms with E-state index in [1.165, 1.54) is 0 Å². The summed E-state index contributed by atoms with van der Waals surface area (Å²) in [4.78, 5) is 44.1. The molecule has 38 heavy (non-hydrogen) atoms. The summed E-state index contributed by atoms with van der Waals surface area (Å²) < 4.78 is 6.08. The Morgan fingerprint density at radius 1 is 1.13 bits per heavy atom. The van der Waals surface area contributed by atoms with Gasteiger partial charge in [-0.3, -0.25) is 14.4 Å². The molecule has 0 saturated carbocycles. The SMILES string of the molecule is C[C@H](OCc1ccccc1)[C@@H](NC(=O)C(C)(C)N)C(=O)N1CCCC2(C1)C(=O)N(C)CC2c1ccccc1. The van der Waals surface area contributed by atoms with E-state index in [4.69, 9.17) is 10.5 Å². The maximum Gasteiger partial charge on any atom is 0.247 e. The Kier molecular flexibility index (Phi) is 8.23. The summed E-state index contributed by atoms with van der Waals surface area (Å²) in [7, 11) is 1.83. The van der Waals surface area contributed by atoms with Gasteiger partial charge in [0.05, 0.1) is 23.7 Å². The summed E-state index contributed by atoms with van der Waals surface area (Å²) in [6.45, 7) is 6.73. The number of hydrogen-bond acceptors (Lipinski definition) is 5. The van der Waals surface area contributed by atoms with Gasteiger partial charge in [0.15, 0.2) is 0 Å². The number of nitrogens with one attached hydrogen (secondary N) is 1. The highest BCUT2D eigenvalue weighted by Gasteiger charge is 2.56. The van der Waals surface area contributed by atoms with E-state index >= 15 is 0 Å². The Labute approximate surface area is 225 Å². The summed E-state index contributed by atoms with van der Waals surface area (Å²) in [5, 5.41) is 2.86. The first-order valence-electron chi connectivity index (χ1n) is 13.4. The van der Waals surface area contributed by atoms with Gasteiger partial charge in [-0.25, -0.2) is 0 Å². The van der Waals surface area contributed by atoms with Crippen LogP contribution in [-0.2, 0) is 25.7 Å². The highest BCUT2D eigenvalue weighted by atomic mass is 16.5. The van der Waals surface area contributed by atoms with Crippen LogP contribution >= 0.6 is 0 Å². The molecule has 3 amide bonds. The third-order valence-electron chi connectivity index (χ3n) is 7.90. The molecule has 8 nitrogen and oxygen atoms in total. The van der Waals surface area contributed by atoms with Crippen LogP contribution in [0.4, 0.5) is 0 Å². The Bertz CT molecular complexity index is 1130. The fourth-order valence-electron chi connectivity index (χ4n) is 5.70. The van der Waals surface area contributed by atoms with Gasteiger partial charge >= 0.3 is 0 Å². The average Bonchev–Trinajstić information content (AvgIpc) is 3.15. The van der Waals surface area contributed by atoms with E-state index in [2.05, 4.69) is 17.4 Å². The number of benzene rings is 2. The van der Waals surface area contributed by atoms with Crippen molar-refractivity contribution in [2.24, 2.45) is 11.1 Å². The van der Waals surface area contributed by atoms with E-state index < -0.39 is 29.0 Å². The zero-order valence-corrected chi connectivity index (χ0v) is 22.9. The molecule has 4 atom stereocenters. The third kappa shape index (κ3) is 5.76. The third-order valence-corrected chi connectivity index (χ3v) is 7.90. The highest BCUT2D eigenvalue weighted by Crippen LogP contribution is 2.49. The van der Waals surface area contributed by atoms with Gasteiger partial charge < -0.3 is 25.6 Å². The fourth-order valence-corrected chi connectivity index (χ4v) is 5.70. The van der Waals surface area contributed by atoms with Crippen molar-refractivity contribution in [2.75, 3.05) is 26.7 Å². The largest absolute Gasteiger partial charge is 0.371 e. The summed E-state index contributed by atoms with van der Waals surface area (Å²) >= 11 is 0. The number of carbonyl (C=O) groups excluding carboxylic acids is 3. The molecule has 0 radical (unpaired) electrons. The maximum absolute atomic E-state index is 14.1. The molecule has 2 aromatic rings. The van der Waals surface area contributed by atoms with Crippen LogP contribution in [-0.4, -0.2) is 71.9 Å². The molecular formula is C30H40N4O4. The molecule has 2 unspecified atom stereocenters. The van der Waals surface area contributed by atoms with Crippen molar-refractivity contribution in [2.45, 2.75) is 63.8 Å². The van der Waals surface area contributed by atoms with Crippen molar-refractivity contribution in [3.05, 3.63) is 71.8 Å². The van der Waals surface area contributed by atoms with E-state index in [1.807, 2.05) is 55.6 Å². The van der Waals surface area contributed by atoms with Gasteiger partial charge in [-0.05, 0) is 44.7 Å². The lowest BCUT2D eigenvalue weighted by molar-refractivity contribution is -0.148. The number of ether oxygens (including phenoxy) is 1. The van der Waals surface area contributed by atoms with Crippen molar-refractivity contribution in [3.8, 4) is 0 Å². The van der Waals surface area contributed by atoms with Gasteiger partial charge in [0.25, 0.3) is 0 Å². The fraction of sp³-hybridized carbons (Fsp3) is 0.500. The number of hydrogen-bond donors (Lipinski definition) is 2. The Morgan fingerprint density at radius 3 is 2.39 bits per heavy atom. The van der Waals surface area contributed by atoms with Gasteiger partial charge in [-0.1, -0.05) is 60.7 Å². The first-order chi connectivity index (χ1) is 18.0. The number of amides is 3. The quantitative estimate of drug-likeness (QED) is 0.557. The summed E-state index contributed by atoms with van der Waals surface area (Å²) in [6, 6.07) is 18.8. The van der Waals surface area contributed by atoms with Gasteiger partial charge in [0.1, 0.15) is 6.04 Å². The molecular weight excluding hydrogens is 480 g/mol. The molecule has 0 bridgehead atoms. The molecule has 2 fully saturated rings. The standard InChI is InChI=1S/C30H40N4O4/c1-21(38-19-22-12-7-5-8-13-22)25(32-27(36)29(2,3)31)26(35)34-17-11-16-30(20-34)24(18-33(4)28(30)37)23-14-9-6-10-15-23/h5-10,12-15,21,24-25H,11,16-20,31H2,1-4H3,(H,32,36)/t21-,24?,25+,30?/m0/s1. The highest BCUT2D eigenvalue weighted by molar-refractivity contribution is 5.93. The Balaban J connectivity index is 1.58. The number of carbonyl (C=O) groups is 3. The van der Waals surface area contributed by atoms with Crippen molar-refractivity contribution in [1.29, 1.82) is 0 Å². The molecule has 1 spiro atoms. The van der Waals surface area contributed by atoms with Crippen LogP contribution in [0.15, 0.2) is 60.7 Å². The second kappa shape index (κ2) is 11.3. The Hall–Kier alpha value is -3.23. The minimum Gasteiger partial charge on any atom is -0.371 e. The van der Waals surface area contributed by atoms with E-state index in [0.717, 1.165) is 11.1 Å². The van der Waals surface area contributed by atoms with Crippen LogP contribution in [0.5, 0.6) is 0 Å². The van der Waals surface area contributed by atoms with E-state index in [-0.39, 0.29) is 17.7 Å². The summed E-state index contributed by atoms with van der Waals surface area (Å²) in [5.41, 5.74) is 6.27. The minimum absolute atomic E-state index is 0.0143. The number of nitrogens with zero attached hydrogens (tertiary/aromatic N) is 2. The van der Waals surface area contributed by atoms with Crippen molar-refractivity contribution in [3.63, 3.8) is 0 Å². The van der Waals surface area contributed by atoms with Crippen LogP contribution in [0, 0.1) is 5.41 Å². The van der Waals surface area contributed by atoms with Crippen LogP contribution < -0.4 is 11.1 Å². The smallest absolute Gasteiger partial charge is 0.247 e. The number of piperidine rings is 1. The monoisotopic (exact) mass is 520 g/mol. The van der Waals surface area contributed by atoms with Crippen LogP contribution in [0.25, 0.3) is 0 Å². The molecule has 2 saturated heterocycles. The lowest BCUT2D eigenvalue weighted by atomic mass is 9.69. The molecule has 0 aromatic heterocycles. The van der Waals surface area contributed by atoms with Gasteiger partial charge in [0, 0.05) is 32.6 Å². The molecule has 2 heterocycles. The molecule has 204 valence electrons. The first-order valence-corrected chi connectivity index (χ1v) is 13.4. The molecule has 2 aliphatic rings. The zero-order chi connectivity index (χ0) is 27.5. The zero-order valence-electron chi connectivity index (χ0n) is 22.9. The second-order valence-electron chi connectivity index (χ2n) is 11.3. The number of rotatable bonds is 8. The molecule has 8 heteroatoms. The second-order valence-corrected chi connectivity index (χ2v) is 11.3. The van der Waals surface area contributed by atoms with Crippen LogP contribution in [0.3, 0.4) is 0 Å². The van der Waals surface area contributed by atoms with Gasteiger partial charge in [0.2, 0.25) is 17.7 Å². The van der Waals surface area contributed by atoms with E-state index in [1.54, 1.807) is 30.6 Å². The summed E-state index contributed by atoms with van der Waals surface area (Å²) in [5.74, 6) is -0.631. The van der Waals surface area contributed by atoms with E-state index in [9.17, 15) is 14.4 Å².